The number of hydrogen-bond acceptors (Lipinski definition) is 4. The van der Waals surface area contributed by atoms with Crippen molar-refractivity contribution in [3.63, 3.8) is 0 Å². The number of rotatable bonds is 5. The number of halogens is 1. The zero-order chi connectivity index (χ0) is 19.4. The number of aromatic nitrogens is 2. The van der Waals surface area contributed by atoms with Crippen molar-refractivity contribution in [3.8, 4) is 0 Å². The second kappa shape index (κ2) is 8.57. The van der Waals surface area contributed by atoms with Crippen molar-refractivity contribution in [2.75, 3.05) is 19.7 Å². The largest absolute Gasteiger partial charge is 0.452 e. The lowest BCUT2D eigenvalue weighted by molar-refractivity contribution is -0.136. The molecule has 2 heterocycles. The van der Waals surface area contributed by atoms with E-state index in [1.807, 2.05) is 30.3 Å². The summed E-state index contributed by atoms with van der Waals surface area (Å²) in [5, 5.41) is 4.56. The van der Waals surface area contributed by atoms with E-state index in [0.29, 0.717) is 24.7 Å². The molecule has 144 valence electrons. The third-order valence-electron chi connectivity index (χ3n) is 4.78. The number of aryl methyl sites for hydroxylation is 1. The Kier molecular flexibility index (Phi) is 6.16. The van der Waals surface area contributed by atoms with E-state index in [-0.39, 0.29) is 23.2 Å². The quantitative estimate of drug-likeness (QED) is 0.736. The number of amides is 1. The molecule has 3 rings (SSSR count). The van der Waals surface area contributed by atoms with Gasteiger partial charge in [-0.15, -0.1) is 0 Å². The summed E-state index contributed by atoms with van der Waals surface area (Å²) in [6.07, 6.45) is 2.11. The van der Waals surface area contributed by atoms with Gasteiger partial charge in [0, 0.05) is 13.1 Å². The van der Waals surface area contributed by atoms with Gasteiger partial charge in [-0.25, -0.2) is 9.48 Å². The first-order chi connectivity index (χ1) is 13.0. The summed E-state index contributed by atoms with van der Waals surface area (Å²) in [4.78, 5) is 26.5. The highest BCUT2D eigenvalue weighted by molar-refractivity contribution is 6.32. The van der Waals surface area contributed by atoms with Gasteiger partial charge in [0.1, 0.15) is 10.7 Å². The fourth-order valence-corrected chi connectivity index (χ4v) is 3.66. The van der Waals surface area contributed by atoms with Crippen molar-refractivity contribution in [2.45, 2.75) is 33.2 Å². The standard InChI is InChI=1S/C20H24ClN3O3/c1-14-7-6-10-23(11-14)17(25)13-27-20(26)18-15(2)22-24(19(18)21)12-16-8-4-3-5-9-16/h3-5,8-9,14H,6-7,10-13H2,1-2H3/t14-/m0/s1. The van der Waals surface area contributed by atoms with Crippen LogP contribution in [0, 0.1) is 12.8 Å². The smallest absolute Gasteiger partial charge is 0.343 e. The van der Waals surface area contributed by atoms with E-state index in [2.05, 4.69) is 12.0 Å². The Labute approximate surface area is 164 Å². The lowest BCUT2D eigenvalue weighted by Gasteiger charge is -2.30. The zero-order valence-corrected chi connectivity index (χ0v) is 16.4. The lowest BCUT2D eigenvalue weighted by Crippen LogP contribution is -2.41. The van der Waals surface area contributed by atoms with Crippen molar-refractivity contribution >= 4 is 23.5 Å². The first-order valence-corrected chi connectivity index (χ1v) is 9.55. The maximum Gasteiger partial charge on any atom is 0.343 e. The summed E-state index contributed by atoms with van der Waals surface area (Å²) >= 11 is 6.36. The second-order valence-corrected chi connectivity index (χ2v) is 7.42. The highest BCUT2D eigenvalue weighted by Gasteiger charge is 2.25. The maximum absolute atomic E-state index is 12.5. The Morgan fingerprint density at radius 2 is 2.04 bits per heavy atom. The summed E-state index contributed by atoms with van der Waals surface area (Å²) < 4.78 is 6.80. The summed E-state index contributed by atoms with van der Waals surface area (Å²) in [5.74, 6) is -0.304. The molecule has 1 aromatic carbocycles. The summed E-state index contributed by atoms with van der Waals surface area (Å²) in [6, 6.07) is 9.72. The minimum atomic E-state index is -0.616. The summed E-state index contributed by atoms with van der Waals surface area (Å²) in [5.41, 5.74) is 1.73. The number of carbonyl (C=O) groups excluding carboxylic acids is 2. The zero-order valence-electron chi connectivity index (χ0n) is 15.7. The molecule has 1 amide bonds. The van der Waals surface area contributed by atoms with Gasteiger partial charge < -0.3 is 9.64 Å². The fourth-order valence-electron chi connectivity index (χ4n) is 3.35. The van der Waals surface area contributed by atoms with E-state index in [9.17, 15) is 9.59 Å². The van der Waals surface area contributed by atoms with E-state index in [4.69, 9.17) is 16.3 Å². The summed E-state index contributed by atoms with van der Waals surface area (Å²) in [7, 11) is 0. The molecule has 1 atom stereocenters. The predicted octanol–water partition coefficient (Wildman–Crippen LogP) is 3.31. The van der Waals surface area contributed by atoms with Crippen LogP contribution >= 0.6 is 11.6 Å². The maximum atomic E-state index is 12.5. The van der Waals surface area contributed by atoms with Crippen LogP contribution in [0.3, 0.4) is 0 Å². The topological polar surface area (TPSA) is 64.4 Å². The van der Waals surface area contributed by atoms with Gasteiger partial charge in [-0.2, -0.15) is 5.10 Å². The first-order valence-electron chi connectivity index (χ1n) is 9.17. The molecular weight excluding hydrogens is 366 g/mol. The van der Waals surface area contributed by atoms with Gasteiger partial charge in [0.25, 0.3) is 5.91 Å². The molecular formula is C20H24ClN3O3. The van der Waals surface area contributed by atoms with Gasteiger partial charge in [0.15, 0.2) is 6.61 Å². The molecule has 0 aliphatic carbocycles. The normalized spacial score (nSPS) is 17.0. The minimum Gasteiger partial charge on any atom is -0.452 e. The molecule has 0 radical (unpaired) electrons. The number of nitrogens with zero attached hydrogens (tertiary/aromatic N) is 3. The van der Waals surface area contributed by atoms with Crippen LogP contribution < -0.4 is 0 Å². The molecule has 0 N–H and O–H groups in total. The van der Waals surface area contributed by atoms with Crippen LogP contribution in [0.25, 0.3) is 0 Å². The van der Waals surface area contributed by atoms with E-state index < -0.39 is 5.97 Å². The monoisotopic (exact) mass is 389 g/mol. The number of hydrogen-bond donors (Lipinski definition) is 0. The van der Waals surface area contributed by atoms with E-state index >= 15 is 0 Å². The number of ether oxygens (including phenoxy) is 1. The Bertz CT molecular complexity index is 819. The molecule has 7 heteroatoms. The van der Waals surface area contributed by atoms with Crippen molar-refractivity contribution in [3.05, 3.63) is 52.3 Å². The number of benzene rings is 1. The van der Waals surface area contributed by atoms with Gasteiger partial charge in [0.2, 0.25) is 0 Å². The number of carbonyl (C=O) groups is 2. The van der Waals surface area contributed by atoms with Crippen LogP contribution in [0.15, 0.2) is 30.3 Å². The van der Waals surface area contributed by atoms with Gasteiger partial charge in [-0.3, -0.25) is 4.79 Å². The van der Waals surface area contributed by atoms with Gasteiger partial charge in [0.05, 0.1) is 12.2 Å². The third kappa shape index (κ3) is 4.69. The predicted molar refractivity (Wildman–Crippen MR) is 103 cm³/mol. The SMILES string of the molecule is Cc1nn(Cc2ccccc2)c(Cl)c1C(=O)OCC(=O)N1CCC[C@H](C)C1. The molecule has 1 fully saturated rings. The van der Waals surface area contributed by atoms with Crippen LogP contribution in [-0.4, -0.2) is 46.3 Å². The number of esters is 1. The Morgan fingerprint density at radius 3 is 2.74 bits per heavy atom. The summed E-state index contributed by atoms with van der Waals surface area (Å²) in [6.45, 7) is 5.44. The Morgan fingerprint density at radius 1 is 1.30 bits per heavy atom. The molecule has 1 aromatic heterocycles. The van der Waals surface area contributed by atoms with Crippen LogP contribution in [0.1, 0.15) is 41.4 Å². The van der Waals surface area contributed by atoms with Crippen molar-refractivity contribution < 1.29 is 14.3 Å². The molecule has 0 bridgehead atoms. The second-order valence-electron chi connectivity index (χ2n) is 7.06. The van der Waals surface area contributed by atoms with Gasteiger partial charge >= 0.3 is 5.97 Å². The van der Waals surface area contributed by atoms with Crippen LogP contribution in [-0.2, 0) is 16.1 Å². The molecule has 0 unspecified atom stereocenters. The van der Waals surface area contributed by atoms with Crippen LogP contribution in [0.5, 0.6) is 0 Å². The van der Waals surface area contributed by atoms with Crippen molar-refractivity contribution in [2.24, 2.45) is 5.92 Å². The van der Waals surface area contributed by atoms with E-state index in [1.165, 1.54) is 0 Å². The molecule has 1 aliphatic rings. The fraction of sp³-hybridized carbons (Fsp3) is 0.450. The third-order valence-corrected chi connectivity index (χ3v) is 5.17. The minimum absolute atomic E-state index is 0.166. The average Bonchev–Trinajstić information content (AvgIpc) is 2.93. The first kappa shape index (κ1) is 19.4. The van der Waals surface area contributed by atoms with Gasteiger partial charge in [-0.05, 0) is 31.2 Å². The number of likely N-dealkylation sites (tertiary alicyclic amines) is 1. The van der Waals surface area contributed by atoms with Crippen molar-refractivity contribution in [1.29, 1.82) is 0 Å². The van der Waals surface area contributed by atoms with Gasteiger partial charge in [-0.1, -0.05) is 48.9 Å². The van der Waals surface area contributed by atoms with Crippen LogP contribution in [0.4, 0.5) is 0 Å². The highest BCUT2D eigenvalue weighted by Crippen LogP contribution is 2.22. The van der Waals surface area contributed by atoms with Crippen LogP contribution in [0.2, 0.25) is 5.15 Å². The molecule has 1 aliphatic heterocycles. The molecule has 0 saturated carbocycles. The number of piperidine rings is 1. The molecule has 27 heavy (non-hydrogen) atoms. The Balaban J connectivity index is 1.63. The molecule has 2 aromatic rings. The molecule has 1 saturated heterocycles. The Hall–Kier alpha value is -2.34. The molecule has 6 nitrogen and oxygen atoms in total. The molecule has 0 spiro atoms. The van der Waals surface area contributed by atoms with E-state index in [0.717, 1.165) is 24.9 Å². The lowest BCUT2D eigenvalue weighted by atomic mass is 10.0. The highest BCUT2D eigenvalue weighted by atomic mass is 35.5. The average molecular weight is 390 g/mol. The van der Waals surface area contributed by atoms with E-state index in [1.54, 1.807) is 16.5 Å². The van der Waals surface area contributed by atoms with Crippen molar-refractivity contribution in [1.82, 2.24) is 14.7 Å².